The number of ether oxygens (including phenoxy) is 2. The highest BCUT2D eigenvalue weighted by molar-refractivity contribution is 7.88. The molecule has 1 saturated heterocycles. The summed E-state index contributed by atoms with van der Waals surface area (Å²) in [5, 5.41) is 0. The molecule has 3 aliphatic heterocycles. The smallest absolute Gasteiger partial charge is 0.209 e. The van der Waals surface area contributed by atoms with Crippen molar-refractivity contribution in [1.82, 2.24) is 9.62 Å². The maximum Gasteiger partial charge on any atom is 0.209 e. The molecule has 1 N–H and O–H groups in total. The SMILES string of the molecule is [B]C12CCC(CC1)c1ccccc1OCCN1CCC[C@H](NS(C)(=O)=O)[C@@H]1CO2. The van der Waals surface area contributed by atoms with E-state index >= 15 is 0 Å². The van der Waals surface area contributed by atoms with Gasteiger partial charge in [0.15, 0.2) is 0 Å². The van der Waals surface area contributed by atoms with Crippen LogP contribution in [0.5, 0.6) is 5.75 Å². The zero-order valence-corrected chi connectivity index (χ0v) is 18.0. The van der Waals surface area contributed by atoms with Crippen molar-refractivity contribution in [2.24, 2.45) is 0 Å². The summed E-state index contributed by atoms with van der Waals surface area (Å²) in [6.07, 6.45) is 6.49. The number of fused-ring (bicyclic) bond motifs is 5. The molecule has 1 aromatic rings. The molecule has 1 aliphatic carbocycles. The van der Waals surface area contributed by atoms with Crippen LogP contribution in [0, 0.1) is 0 Å². The third-order valence-electron chi connectivity index (χ3n) is 6.63. The number of nitrogens with one attached hydrogen (secondary N) is 1. The Morgan fingerprint density at radius 2 is 1.93 bits per heavy atom. The molecule has 29 heavy (non-hydrogen) atoms. The first-order chi connectivity index (χ1) is 13.8. The zero-order chi connectivity index (χ0) is 20.5. The van der Waals surface area contributed by atoms with Gasteiger partial charge >= 0.3 is 0 Å². The van der Waals surface area contributed by atoms with Crippen LogP contribution in [0.1, 0.15) is 50.0 Å². The molecule has 0 amide bonds. The van der Waals surface area contributed by atoms with Gasteiger partial charge in [-0.3, -0.25) is 4.90 Å². The predicted octanol–water partition coefficient (Wildman–Crippen LogP) is 2.00. The normalized spacial score (nSPS) is 34.0. The van der Waals surface area contributed by atoms with Crippen LogP contribution < -0.4 is 9.46 Å². The van der Waals surface area contributed by atoms with E-state index in [0.29, 0.717) is 19.1 Å². The summed E-state index contributed by atoms with van der Waals surface area (Å²) in [5.74, 6) is 1.40. The summed E-state index contributed by atoms with van der Waals surface area (Å²) in [6.45, 7) is 2.63. The number of rotatable bonds is 2. The fourth-order valence-corrected chi connectivity index (χ4v) is 5.90. The second-order valence-electron chi connectivity index (χ2n) is 8.78. The quantitative estimate of drug-likeness (QED) is 0.745. The third-order valence-corrected chi connectivity index (χ3v) is 7.36. The number of piperidine rings is 1. The topological polar surface area (TPSA) is 67.9 Å². The molecule has 5 rings (SSSR count). The Morgan fingerprint density at radius 1 is 1.17 bits per heavy atom. The monoisotopic (exact) mass is 418 g/mol. The van der Waals surface area contributed by atoms with Crippen molar-refractivity contribution in [3.63, 3.8) is 0 Å². The van der Waals surface area contributed by atoms with E-state index in [1.165, 1.54) is 11.8 Å². The molecule has 1 saturated carbocycles. The highest BCUT2D eigenvalue weighted by atomic mass is 32.2. The average Bonchev–Trinajstić information content (AvgIpc) is 2.68. The van der Waals surface area contributed by atoms with E-state index in [2.05, 4.69) is 27.8 Å². The number of nitrogens with zero attached hydrogens (tertiary/aromatic N) is 1. The van der Waals surface area contributed by atoms with Gasteiger partial charge < -0.3 is 9.47 Å². The molecule has 8 heteroatoms. The molecule has 4 aliphatic rings. The van der Waals surface area contributed by atoms with Crippen LogP contribution in [0.25, 0.3) is 0 Å². The molecule has 158 valence electrons. The highest BCUT2D eigenvalue weighted by Crippen LogP contribution is 2.42. The van der Waals surface area contributed by atoms with E-state index in [9.17, 15) is 8.42 Å². The molecule has 2 fully saturated rings. The van der Waals surface area contributed by atoms with Gasteiger partial charge in [-0.05, 0) is 62.6 Å². The van der Waals surface area contributed by atoms with Crippen LogP contribution in [0.3, 0.4) is 0 Å². The standard InChI is InChI=1S/C21H31BN2O4S/c1-29(25,26)23-18-6-4-12-24-13-14-27-20-7-3-2-5-17(20)16-8-10-21(22,11-9-16)28-15-19(18)24/h2-3,5,7,16,18-19,23H,4,6,8-15H2,1H3/t16?,18-,19-,21?/m0/s1. The lowest BCUT2D eigenvalue weighted by atomic mass is 9.66. The first-order valence-electron chi connectivity index (χ1n) is 10.7. The Bertz CT molecular complexity index is 811. The van der Waals surface area contributed by atoms with E-state index in [1.807, 2.05) is 6.07 Å². The van der Waals surface area contributed by atoms with Crippen molar-refractivity contribution in [3.05, 3.63) is 29.8 Å². The van der Waals surface area contributed by atoms with Gasteiger partial charge in [-0.15, -0.1) is 0 Å². The number of benzene rings is 1. The Labute approximate surface area is 175 Å². The van der Waals surface area contributed by atoms with Crippen LogP contribution in [0.4, 0.5) is 0 Å². The largest absolute Gasteiger partial charge is 0.492 e. The Morgan fingerprint density at radius 3 is 2.69 bits per heavy atom. The van der Waals surface area contributed by atoms with Gasteiger partial charge in [0.2, 0.25) is 10.0 Å². The molecular weight excluding hydrogens is 387 g/mol. The summed E-state index contributed by atoms with van der Waals surface area (Å²) >= 11 is 0. The molecule has 2 atom stereocenters. The minimum Gasteiger partial charge on any atom is -0.492 e. The second-order valence-corrected chi connectivity index (χ2v) is 10.6. The van der Waals surface area contributed by atoms with Crippen LogP contribution in [-0.4, -0.2) is 71.3 Å². The molecule has 1 aromatic carbocycles. The number of hydrogen-bond donors (Lipinski definition) is 1. The molecule has 0 aromatic heterocycles. The molecule has 0 spiro atoms. The molecule has 3 heterocycles. The summed E-state index contributed by atoms with van der Waals surface area (Å²) in [7, 11) is 3.33. The van der Waals surface area contributed by atoms with E-state index in [1.54, 1.807) is 0 Å². The van der Waals surface area contributed by atoms with Gasteiger partial charge in [-0.1, -0.05) is 18.2 Å². The fraction of sp³-hybridized carbons (Fsp3) is 0.714. The van der Waals surface area contributed by atoms with E-state index < -0.39 is 15.5 Å². The van der Waals surface area contributed by atoms with Gasteiger partial charge in [0.25, 0.3) is 0 Å². The van der Waals surface area contributed by atoms with Crippen molar-refractivity contribution in [2.45, 2.75) is 62.0 Å². The lowest BCUT2D eigenvalue weighted by molar-refractivity contribution is -0.0519. The van der Waals surface area contributed by atoms with Gasteiger partial charge in [0, 0.05) is 24.1 Å². The zero-order valence-electron chi connectivity index (χ0n) is 17.2. The summed E-state index contributed by atoms with van der Waals surface area (Å²) in [4.78, 5) is 2.29. The highest BCUT2D eigenvalue weighted by Gasteiger charge is 2.38. The number of hydrogen-bond acceptors (Lipinski definition) is 5. The van der Waals surface area contributed by atoms with E-state index in [-0.39, 0.29) is 12.1 Å². The second kappa shape index (κ2) is 8.57. The van der Waals surface area contributed by atoms with Crippen LogP contribution in [0.2, 0.25) is 0 Å². The van der Waals surface area contributed by atoms with Crippen LogP contribution in [-0.2, 0) is 14.8 Å². The minimum absolute atomic E-state index is 0.0452. The maximum absolute atomic E-state index is 11.9. The summed E-state index contributed by atoms with van der Waals surface area (Å²) < 4.78 is 39.1. The first kappa shape index (κ1) is 21.2. The van der Waals surface area contributed by atoms with Gasteiger partial charge in [-0.2, -0.15) is 0 Å². The lowest BCUT2D eigenvalue weighted by Crippen LogP contribution is -2.58. The van der Waals surface area contributed by atoms with E-state index in [4.69, 9.17) is 17.3 Å². The van der Waals surface area contributed by atoms with Crippen LogP contribution >= 0.6 is 0 Å². The Kier molecular flexibility index (Phi) is 6.26. The van der Waals surface area contributed by atoms with Gasteiger partial charge in [0.05, 0.1) is 12.9 Å². The predicted molar refractivity (Wildman–Crippen MR) is 114 cm³/mol. The molecule has 2 radical (unpaired) electrons. The molecular formula is C21H31BN2O4S. The van der Waals surface area contributed by atoms with Crippen LogP contribution in [0.15, 0.2) is 24.3 Å². The minimum atomic E-state index is -3.29. The Balaban J connectivity index is 1.59. The molecule has 6 nitrogen and oxygen atoms in total. The Hall–Kier alpha value is -1.09. The first-order valence-corrected chi connectivity index (χ1v) is 12.6. The van der Waals surface area contributed by atoms with Crippen molar-refractivity contribution >= 4 is 17.9 Å². The van der Waals surface area contributed by atoms with E-state index in [0.717, 1.165) is 57.4 Å². The fourth-order valence-electron chi connectivity index (χ4n) is 5.07. The molecule has 0 unspecified atom stereocenters. The number of para-hydroxylation sites is 1. The van der Waals surface area contributed by atoms with Crippen molar-refractivity contribution < 1.29 is 17.9 Å². The third kappa shape index (κ3) is 5.16. The summed E-state index contributed by atoms with van der Waals surface area (Å²) in [6, 6.07) is 8.10. The molecule has 2 bridgehead atoms. The summed E-state index contributed by atoms with van der Waals surface area (Å²) in [5.41, 5.74) is 0.625. The van der Waals surface area contributed by atoms with Gasteiger partial charge in [0.1, 0.15) is 20.2 Å². The maximum atomic E-state index is 11.9. The van der Waals surface area contributed by atoms with Crippen molar-refractivity contribution in [3.8, 4) is 5.75 Å². The van der Waals surface area contributed by atoms with Gasteiger partial charge in [-0.25, -0.2) is 13.1 Å². The van der Waals surface area contributed by atoms with Crippen molar-refractivity contribution in [2.75, 3.05) is 32.6 Å². The number of sulfonamides is 1. The lowest BCUT2D eigenvalue weighted by Gasteiger charge is -2.44. The van der Waals surface area contributed by atoms with Crippen molar-refractivity contribution in [1.29, 1.82) is 0 Å². The average molecular weight is 418 g/mol.